The van der Waals surface area contributed by atoms with Crippen LogP contribution in [0.4, 0.5) is 4.39 Å². The molecule has 1 saturated carbocycles. The molecule has 0 amide bonds. The maximum Gasteiger partial charge on any atom is 0.125 e. The summed E-state index contributed by atoms with van der Waals surface area (Å²) in [7, 11) is 0. The van der Waals surface area contributed by atoms with Gasteiger partial charge in [0.25, 0.3) is 0 Å². The Balaban J connectivity index is 1.49. The normalized spacial score (nSPS) is 28.4. The highest BCUT2D eigenvalue weighted by Gasteiger charge is 2.40. The van der Waals surface area contributed by atoms with E-state index in [0.29, 0.717) is 31.3 Å². The first-order chi connectivity index (χ1) is 10.2. The molecular weight excluding hydrogens is 263 g/mol. The molecule has 1 aromatic rings. The van der Waals surface area contributed by atoms with Crippen LogP contribution in [0.3, 0.4) is 0 Å². The van der Waals surface area contributed by atoms with Gasteiger partial charge in [-0.25, -0.2) is 4.39 Å². The van der Waals surface area contributed by atoms with Crippen molar-refractivity contribution in [2.75, 3.05) is 19.6 Å². The Morgan fingerprint density at radius 1 is 1.33 bits per heavy atom. The van der Waals surface area contributed by atoms with Gasteiger partial charge < -0.3 is 10.6 Å². The summed E-state index contributed by atoms with van der Waals surface area (Å²) in [6, 6.07) is 10.9. The highest BCUT2D eigenvalue weighted by Crippen LogP contribution is 2.38. The van der Waals surface area contributed by atoms with Crippen LogP contribution in [0.2, 0.25) is 0 Å². The summed E-state index contributed by atoms with van der Waals surface area (Å²) in [5.41, 5.74) is 1.65. The topological polar surface area (TPSA) is 24.1 Å². The number of hydrogen-bond acceptors (Lipinski definition) is 2. The van der Waals surface area contributed by atoms with E-state index in [0.717, 1.165) is 19.5 Å². The molecule has 0 radical (unpaired) electrons. The van der Waals surface area contributed by atoms with Crippen molar-refractivity contribution in [1.29, 1.82) is 0 Å². The van der Waals surface area contributed by atoms with Gasteiger partial charge in [0.15, 0.2) is 0 Å². The average Bonchev–Trinajstić information content (AvgIpc) is 3.27. The van der Waals surface area contributed by atoms with E-state index in [1.54, 1.807) is 0 Å². The Morgan fingerprint density at radius 3 is 2.76 bits per heavy atom. The van der Waals surface area contributed by atoms with Crippen LogP contribution in [-0.2, 0) is 0 Å². The van der Waals surface area contributed by atoms with Crippen molar-refractivity contribution < 1.29 is 4.39 Å². The van der Waals surface area contributed by atoms with Crippen molar-refractivity contribution in [2.24, 2.45) is 5.92 Å². The van der Waals surface area contributed by atoms with Crippen LogP contribution in [0.1, 0.15) is 31.7 Å². The lowest BCUT2D eigenvalue weighted by molar-refractivity contribution is 0.113. The molecule has 0 aromatic heterocycles. The number of benzene rings is 1. The quantitative estimate of drug-likeness (QED) is 0.869. The number of alkyl halides is 1. The zero-order chi connectivity index (χ0) is 14.7. The highest BCUT2D eigenvalue weighted by molar-refractivity contribution is 5.53. The molecule has 1 aliphatic heterocycles. The smallest absolute Gasteiger partial charge is 0.125 e. The van der Waals surface area contributed by atoms with E-state index >= 15 is 0 Å². The van der Waals surface area contributed by atoms with Crippen molar-refractivity contribution >= 4 is 6.08 Å². The second-order valence-corrected chi connectivity index (χ2v) is 6.53. The molecule has 1 aromatic carbocycles. The second-order valence-electron chi connectivity index (χ2n) is 6.53. The molecular formula is C18H25FN2. The van der Waals surface area contributed by atoms with Crippen molar-refractivity contribution in [3.8, 4) is 0 Å². The summed E-state index contributed by atoms with van der Waals surface area (Å²) in [5.74, 6) is 0.579. The fourth-order valence-corrected chi connectivity index (χ4v) is 3.21. The zero-order valence-electron chi connectivity index (χ0n) is 12.7. The average molecular weight is 288 g/mol. The van der Waals surface area contributed by atoms with Gasteiger partial charge in [0.2, 0.25) is 0 Å². The van der Waals surface area contributed by atoms with Crippen LogP contribution in [0.15, 0.2) is 35.9 Å². The number of piperidine rings is 1. The molecule has 3 heteroatoms. The predicted molar refractivity (Wildman–Crippen MR) is 85.9 cm³/mol. The summed E-state index contributed by atoms with van der Waals surface area (Å²) < 4.78 is 14.5. The van der Waals surface area contributed by atoms with Crippen LogP contribution < -0.4 is 10.6 Å². The van der Waals surface area contributed by atoms with E-state index in [2.05, 4.69) is 47.9 Å². The largest absolute Gasteiger partial charge is 0.316 e. The summed E-state index contributed by atoms with van der Waals surface area (Å²) in [6.45, 7) is 4.31. The van der Waals surface area contributed by atoms with Gasteiger partial charge in [0, 0.05) is 12.6 Å². The molecule has 2 unspecified atom stereocenters. The number of rotatable bonds is 5. The third-order valence-electron chi connectivity index (χ3n) is 4.75. The van der Waals surface area contributed by atoms with Crippen LogP contribution in [0.25, 0.3) is 6.08 Å². The summed E-state index contributed by atoms with van der Waals surface area (Å²) in [5, 5.41) is 6.66. The minimum Gasteiger partial charge on any atom is -0.316 e. The van der Waals surface area contributed by atoms with Crippen molar-refractivity contribution in [3.63, 3.8) is 0 Å². The summed E-state index contributed by atoms with van der Waals surface area (Å²) >= 11 is 0. The van der Waals surface area contributed by atoms with Gasteiger partial charge in [0.05, 0.1) is 0 Å². The lowest BCUT2D eigenvalue weighted by Gasteiger charge is -2.30. The lowest BCUT2D eigenvalue weighted by atomic mass is 9.94. The summed E-state index contributed by atoms with van der Waals surface area (Å²) in [6.07, 6.45) is 4.66. The Hall–Kier alpha value is -1.19. The maximum atomic E-state index is 14.5. The van der Waals surface area contributed by atoms with Crippen LogP contribution in [0.5, 0.6) is 0 Å². The first kappa shape index (κ1) is 14.7. The predicted octanol–water partition coefficient (Wildman–Crippen LogP) is 3.16. The zero-order valence-corrected chi connectivity index (χ0v) is 12.7. The Morgan fingerprint density at radius 2 is 2.05 bits per heavy atom. The Kier molecular flexibility index (Phi) is 4.41. The number of nitrogens with one attached hydrogen (secondary N) is 2. The molecule has 3 rings (SSSR count). The monoisotopic (exact) mass is 288 g/mol. The van der Waals surface area contributed by atoms with Crippen LogP contribution in [0, 0.1) is 5.92 Å². The van der Waals surface area contributed by atoms with Gasteiger partial charge in [-0.15, -0.1) is 0 Å². The molecule has 2 nitrogen and oxygen atoms in total. The molecule has 2 atom stereocenters. The fourth-order valence-electron chi connectivity index (χ4n) is 3.21. The lowest BCUT2D eigenvalue weighted by Crippen LogP contribution is -2.46. The van der Waals surface area contributed by atoms with Gasteiger partial charge in [-0.1, -0.05) is 42.0 Å². The van der Waals surface area contributed by atoms with E-state index < -0.39 is 5.67 Å². The van der Waals surface area contributed by atoms with Gasteiger partial charge in [-0.3, -0.25) is 0 Å². The van der Waals surface area contributed by atoms with E-state index in [1.165, 1.54) is 11.1 Å². The van der Waals surface area contributed by atoms with Gasteiger partial charge >= 0.3 is 0 Å². The molecule has 0 bridgehead atoms. The number of hydrogen-bond donors (Lipinski definition) is 2. The van der Waals surface area contributed by atoms with Crippen LogP contribution >= 0.6 is 0 Å². The SMILES string of the molecule is C/C(=C\c1ccccc1)C1CC1NCC1(F)CCNCC1. The standard InChI is InChI=1S/C18H25FN2/c1-14(11-15-5-3-2-4-6-15)16-12-17(16)21-13-18(19)7-9-20-10-8-18/h2-6,11,16-17,20-21H,7-10,12-13H2,1H3/b14-11+. The minimum atomic E-state index is -1.00. The molecule has 1 aliphatic carbocycles. The Labute approximate surface area is 126 Å². The van der Waals surface area contributed by atoms with Crippen molar-refractivity contribution in [3.05, 3.63) is 41.5 Å². The van der Waals surface area contributed by atoms with Crippen LogP contribution in [-0.4, -0.2) is 31.3 Å². The molecule has 0 spiro atoms. The third kappa shape index (κ3) is 3.92. The van der Waals surface area contributed by atoms with Gasteiger partial charge in [-0.2, -0.15) is 0 Å². The maximum absolute atomic E-state index is 14.5. The summed E-state index contributed by atoms with van der Waals surface area (Å²) in [4.78, 5) is 0. The van der Waals surface area contributed by atoms with Crippen molar-refractivity contribution in [2.45, 2.75) is 37.9 Å². The highest BCUT2D eigenvalue weighted by atomic mass is 19.1. The molecule has 21 heavy (non-hydrogen) atoms. The first-order valence-electron chi connectivity index (χ1n) is 8.03. The van der Waals surface area contributed by atoms with E-state index in [4.69, 9.17) is 0 Å². The molecule has 2 fully saturated rings. The first-order valence-corrected chi connectivity index (χ1v) is 8.03. The molecule has 1 heterocycles. The van der Waals surface area contributed by atoms with Gasteiger partial charge in [0.1, 0.15) is 5.67 Å². The fraction of sp³-hybridized carbons (Fsp3) is 0.556. The van der Waals surface area contributed by atoms with Crippen molar-refractivity contribution in [1.82, 2.24) is 10.6 Å². The second kappa shape index (κ2) is 6.29. The Bertz CT molecular complexity index is 491. The molecule has 1 saturated heterocycles. The number of halogens is 1. The van der Waals surface area contributed by atoms with E-state index in [-0.39, 0.29) is 0 Å². The minimum absolute atomic E-state index is 0.465. The third-order valence-corrected chi connectivity index (χ3v) is 4.75. The molecule has 2 aliphatic rings. The molecule has 2 N–H and O–H groups in total. The van der Waals surface area contributed by atoms with E-state index in [9.17, 15) is 4.39 Å². The van der Waals surface area contributed by atoms with Gasteiger partial charge in [-0.05, 0) is 50.8 Å². The van der Waals surface area contributed by atoms with E-state index in [1.807, 2.05) is 6.07 Å². The molecule has 114 valence electrons.